The molecule has 0 radical (unpaired) electrons. The Morgan fingerprint density at radius 2 is 2.19 bits per heavy atom. The van der Waals surface area contributed by atoms with Crippen LogP contribution in [0.5, 0.6) is 0 Å². The van der Waals surface area contributed by atoms with E-state index in [1.807, 2.05) is 22.9 Å². The van der Waals surface area contributed by atoms with Gasteiger partial charge in [-0.2, -0.15) is 0 Å². The Morgan fingerprint density at radius 1 is 1.43 bits per heavy atom. The molecular weight excluding hydrogens is 314 g/mol. The number of carboxylic acid groups (broad SMARTS) is 1. The number of benzene rings is 1. The van der Waals surface area contributed by atoms with Crippen molar-refractivity contribution in [1.29, 1.82) is 0 Å². The number of imidazole rings is 1. The molecule has 0 bridgehead atoms. The molecule has 0 amide bonds. The molecule has 2 aromatic rings. The molecule has 0 unspecified atom stereocenters. The first-order valence-electron chi connectivity index (χ1n) is 6.51. The molecule has 21 heavy (non-hydrogen) atoms. The van der Waals surface area contributed by atoms with Crippen molar-refractivity contribution in [2.24, 2.45) is 0 Å². The summed E-state index contributed by atoms with van der Waals surface area (Å²) >= 11 is 7.51. The van der Waals surface area contributed by atoms with E-state index in [9.17, 15) is 4.79 Å². The van der Waals surface area contributed by atoms with Gasteiger partial charge >= 0.3 is 5.97 Å². The van der Waals surface area contributed by atoms with Crippen LogP contribution in [0.25, 0.3) is 11.0 Å². The summed E-state index contributed by atoms with van der Waals surface area (Å²) in [5.41, 5.74) is 1.58. The smallest absolute Gasteiger partial charge is 0.313 e. The fourth-order valence-electron chi connectivity index (χ4n) is 2.29. The summed E-state index contributed by atoms with van der Waals surface area (Å²) in [5, 5.41) is 12.2. The number of aliphatic carboxylic acids is 1. The molecule has 1 aromatic carbocycles. The summed E-state index contributed by atoms with van der Waals surface area (Å²) in [6.07, 6.45) is 0. The predicted octanol–water partition coefficient (Wildman–Crippen LogP) is 1.83. The van der Waals surface area contributed by atoms with E-state index >= 15 is 0 Å². The summed E-state index contributed by atoms with van der Waals surface area (Å²) in [6.45, 7) is 2.70. The van der Waals surface area contributed by atoms with Crippen LogP contribution in [0.15, 0.2) is 23.4 Å². The number of morpholine rings is 1. The van der Waals surface area contributed by atoms with Crippen molar-refractivity contribution >= 4 is 40.4 Å². The van der Waals surface area contributed by atoms with Crippen LogP contribution in [0, 0.1) is 0 Å². The summed E-state index contributed by atoms with van der Waals surface area (Å²) in [7, 11) is 0. The number of fused-ring (bicyclic) bond motifs is 1. The highest BCUT2D eigenvalue weighted by Gasteiger charge is 2.21. The zero-order valence-electron chi connectivity index (χ0n) is 11.2. The van der Waals surface area contributed by atoms with Gasteiger partial charge in [0, 0.05) is 0 Å². The Hall–Kier alpha value is -1.44. The molecule has 0 atom stereocenters. The lowest BCUT2D eigenvalue weighted by Gasteiger charge is -2.31. The Kier molecular flexibility index (Phi) is 4.23. The minimum absolute atomic E-state index is 0.0364. The van der Waals surface area contributed by atoms with Crippen molar-refractivity contribution in [2.75, 3.05) is 37.1 Å². The van der Waals surface area contributed by atoms with Gasteiger partial charge in [-0.15, -0.1) is 0 Å². The first-order chi connectivity index (χ1) is 10.2. The van der Waals surface area contributed by atoms with Crippen LogP contribution in [-0.2, 0) is 9.53 Å². The van der Waals surface area contributed by atoms with E-state index in [1.54, 1.807) is 0 Å². The maximum absolute atomic E-state index is 10.8. The Bertz CT molecular complexity index is 670. The highest BCUT2D eigenvalue weighted by atomic mass is 35.5. The summed E-state index contributed by atoms with van der Waals surface area (Å²) in [4.78, 5) is 15.3. The molecular formula is C13H14ClN3O3S. The molecule has 3 rings (SSSR count). The third kappa shape index (κ3) is 2.95. The van der Waals surface area contributed by atoms with Crippen LogP contribution < -0.4 is 5.01 Å². The first-order valence-corrected chi connectivity index (χ1v) is 7.87. The number of hydrogen-bond donors (Lipinski definition) is 1. The molecule has 1 saturated heterocycles. The standard InChI is InChI=1S/C13H14ClN3O3S/c14-9-2-1-3-10-12(9)17(16-4-6-20-7-5-16)13(15-10)21-8-11(18)19/h1-3H,4-8H2,(H,18,19). The molecule has 1 aliphatic heterocycles. The van der Waals surface area contributed by atoms with Crippen molar-refractivity contribution < 1.29 is 14.6 Å². The second-order valence-electron chi connectivity index (χ2n) is 4.56. The molecule has 6 nitrogen and oxygen atoms in total. The number of halogens is 1. The number of carboxylic acids is 1. The predicted molar refractivity (Wildman–Crippen MR) is 81.9 cm³/mol. The monoisotopic (exact) mass is 327 g/mol. The number of aromatic nitrogens is 2. The van der Waals surface area contributed by atoms with E-state index in [1.165, 1.54) is 11.8 Å². The van der Waals surface area contributed by atoms with E-state index in [2.05, 4.69) is 9.99 Å². The van der Waals surface area contributed by atoms with Gasteiger partial charge in [0.25, 0.3) is 0 Å². The Balaban J connectivity index is 2.07. The molecule has 1 fully saturated rings. The molecule has 1 N–H and O–H groups in total. The van der Waals surface area contributed by atoms with Gasteiger partial charge in [-0.05, 0) is 12.1 Å². The van der Waals surface area contributed by atoms with Gasteiger partial charge in [0.05, 0.1) is 42.6 Å². The van der Waals surface area contributed by atoms with Crippen LogP contribution in [0.2, 0.25) is 5.02 Å². The van der Waals surface area contributed by atoms with E-state index in [-0.39, 0.29) is 5.75 Å². The largest absolute Gasteiger partial charge is 0.481 e. The Labute approximate surface area is 130 Å². The maximum Gasteiger partial charge on any atom is 0.313 e. The van der Waals surface area contributed by atoms with Gasteiger partial charge in [-0.3, -0.25) is 4.79 Å². The fourth-order valence-corrected chi connectivity index (χ4v) is 3.28. The normalized spacial score (nSPS) is 15.6. The maximum atomic E-state index is 10.8. The SMILES string of the molecule is O=C(O)CSc1nc2cccc(Cl)c2n1N1CCOCC1. The van der Waals surface area contributed by atoms with Gasteiger partial charge in [0.15, 0.2) is 5.16 Å². The van der Waals surface area contributed by atoms with Crippen LogP contribution in [0.4, 0.5) is 0 Å². The van der Waals surface area contributed by atoms with Crippen LogP contribution in [-0.4, -0.2) is 52.8 Å². The number of rotatable bonds is 4. The van der Waals surface area contributed by atoms with Crippen LogP contribution >= 0.6 is 23.4 Å². The molecule has 0 aliphatic carbocycles. The first kappa shape index (κ1) is 14.5. The third-order valence-electron chi connectivity index (χ3n) is 3.17. The molecule has 0 saturated carbocycles. The number of thioether (sulfide) groups is 1. The number of carbonyl (C=O) groups is 1. The Morgan fingerprint density at radius 3 is 2.90 bits per heavy atom. The van der Waals surface area contributed by atoms with E-state index in [0.29, 0.717) is 23.4 Å². The van der Waals surface area contributed by atoms with Crippen LogP contribution in [0.1, 0.15) is 0 Å². The third-order valence-corrected chi connectivity index (χ3v) is 4.39. The zero-order chi connectivity index (χ0) is 14.8. The lowest BCUT2D eigenvalue weighted by Crippen LogP contribution is -2.44. The van der Waals surface area contributed by atoms with Gasteiger partial charge < -0.3 is 14.9 Å². The highest BCUT2D eigenvalue weighted by molar-refractivity contribution is 7.99. The number of ether oxygens (including phenoxy) is 1. The average Bonchev–Trinajstić information content (AvgIpc) is 2.86. The van der Waals surface area contributed by atoms with Gasteiger partial charge in [0.1, 0.15) is 5.52 Å². The highest BCUT2D eigenvalue weighted by Crippen LogP contribution is 2.29. The summed E-state index contributed by atoms with van der Waals surface area (Å²) in [6, 6.07) is 5.53. The molecule has 1 aromatic heterocycles. The number of hydrogen-bond acceptors (Lipinski definition) is 5. The molecule has 0 spiro atoms. The molecule has 112 valence electrons. The quantitative estimate of drug-likeness (QED) is 0.864. The molecule has 1 aliphatic rings. The van der Waals surface area contributed by atoms with Gasteiger partial charge in [0.2, 0.25) is 0 Å². The fraction of sp³-hybridized carbons (Fsp3) is 0.385. The van der Waals surface area contributed by atoms with Crippen LogP contribution in [0.3, 0.4) is 0 Å². The average molecular weight is 328 g/mol. The van der Waals surface area contributed by atoms with E-state index in [0.717, 1.165) is 24.1 Å². The van der Waals surface area contributed by atoms with Crippen molar-refractivity contribution in [3.63, 3.8) is 0 Å². The summed E-state index contributed by atoms with van der Waals surface area (Å²) in [5.74, 6) is -0.905. The lowest BCUT2D eigenvalue weighted by molar-refractivity contribution is -0.133. The van der Waals surface area contributed by atoms with Crippen molar-refractivity contribution in [3.8, 4) is 0 Å². The number of nitrogens with zero attached hydrogens (tertiary/aromatic N) is 3. The van der Waals surface area contributed by atoms with Gasteiger partial charge in [-0.1, -0.05) is 29.4 Å². The molecule has 2 heterocycles. The second kappa shape index (κ2) is 6.13. The van der Waals surface area contributed by atoms with Crippen molar-refractivity contribution in [1.82, 2.24) is 9.66 Å². The van der Waals surface area contributed by atoms with Crippen molar-refractivity contribution in [2.45, 2.75) is 5.16 Å². The van der Waals surface area contributed by atoms with E-state index < -0.39 is 5.97 Å². The second-order valence-corrected chi connectivity index (χ2v) is 5.91. The summed E-state index contributed by atoms with van der Waals surface area (Å²) < 4.78 is 7.29. The molecule has 8 heteroatoms. The minimum atomic E-state index is -0.869. The minimum Gasteiger partial charge on any atom is -0.481 e. The number of para-hydroxylation sites is 1. The zero-order valence-corrected chi connectivity index (χ0v) is 12.7. The topological polar surface area (TPSA) is 67.6 Å². The van der Waals surface area contributed by atoms with E-state index in [4.69, 9.17) is 21.4 Å². The van der Waals surface area contributed by atoms with Crippen molar-refractivity contribution in [3.05, 3.63) is 23.2 Å². The van der Waals surface area contributed by atoms with Gasteiger partial charge in [-0.25, -0.2) is 9.66 Å². The lowest BCUT2D eigenvalue weighted by atomic mass is 10.3.